The molecule has 1 aromatic carbocycles. The highest BCUT2D eigenvalue weighted by molar-refractivity contribution is 7.99. The van der Waals surface area contributed by atoms with Crippen molar-refractivity contribution >= 4 is 29.3 Å². The highest BCUT2D eigenvalue weighted by atomic mass is 32.2. The minimum absolute atomic E-state index is 0.136. The van der Waals surface area contributed by atoms with Crippen LogP contribution in [0.25, 0.3) is 0 Å². The largest absolute Gasteiger partial charge is 0.479 e. The fourth-order valence-electron chi connectivity index (χ4n) is 1.91. The van der Waals surface area contributed by atoms with Crippen LogP contribution in [0, 0.1) is 0 Å². The first-order valence-electron chi connectivity index (χ1n) is 7.55. The molecule has 1 amide bonds. The predicted octanol–water partition coefficient (Wildman–Crippen LogP) is 2.96. The molecular formula is C17H21N3O3S. The Bertz CT molecular complexity index is 713. The van der Waals surface area contributed by atoms with Crippen molar-refractivity contribution in [3.63, 3.8) is 0 Å². The molecule has 2 rings (SSSR count). The average molecular weight is 347 g/mol. The standard InChI is InChI=1S/C17H21N3O3S/c1-12(24-11-13-7-5-4-6-8-13)15(21)19-14-9-18-20(10-14)17(2,3)16(22)23/h4-10,12H,11H2,1-3H3,(H,19,21)(H,22,23). The van der Waals surface area contributed by atoms with Crippen LogP contribution in [0.2, 0.25) is 0 Å². The normalized spacial score (nSPS) is 12.6. The Morgan fingerprint density at radius 3 is 2.62 bits per heavy atom. The van der Waals surface area contributed by atoms with Gasteiger partial charge in [-0.25, -0.2) is 4.79 Å². The third-order valence-corrected chi connectivity index (χ3v) is 4.87. The van der Waals surface area contributed by atoms with Crippen molar-refractivity contribution in [3.05, 3.63) is 48.3 Å². The van der Waals surface area contributed by atoms with Crippen molar-refractivity contribution in [2.75, 3.05) is 5.32 Å². The van der Waals surface area contributed by atoms with Gasteiger partial charge in [-0.05, 0) is 26.3 Å². The number of aromatic nitrogens is 2. The number of amides is 1. The molecule has 24 heavy (non-hydrogen) atoms. The van der Waals surface area contributed by atoms with Gasteiger partial charge in [0.15, 0.2) is 5.54 Å². The molecule has 0 saturated carbocycles. The maximum atomic E-state index is 12.2. The lowest BCUT2D eigenvalue weighted by molar-refractivity contribution is -0.146. The van der Waals surface area contributed by atoms with Crippen LogP contribution in [0.3, 0.4) is 0 Å². The zero-order valence-corrected chi connectivity index (χ0v) is 14.7. The van der Waals surface area contributed by atoms with Crippen molar-refractivity contribution in [2.24, 2.45) is 0 Å². The van der Waals surface area contributed by atoms with Gasteiger partial charge in [0.25, 0.3) is 0 Å². The number of aliphatic carboxylic acids is 1. The number of thioether (sulfide) groups is 1. The third-order valence-electron chi connectivity index (χ3n) is 3.66. The first-order valence-corrected chi connectivity index (χ1v) is 8.60. The lowest BCUT2D eigenvalue weighted by Gasteiger charge is -2.19. The Balaban J connectivity index is 1.92. The van der Waals surface area contributed by atoms with Gasteiger partial charge in [-0.15, -0.1) is 11.8 Å². The molecule has 128 valence electrons. The summed E-state index contributed by atoms with van der Waals surface area (Å²) in [5.74, 6) is -0.375. The number of carboxylic acid groups (broad SMARTS) is 1. The van der Waals surface area contributed by atoms with Crippen LogP contribution >= 0.6 is 11.8 Å². The summed E-state index contributed by atoms with van der Waals surface area (Å²) >= 11 is 1.54. The van der Waals surface area contributed by atoms with Crippen LogP contribution in [-0.4, -0.2) is 32.0 Å². The molecule has 0 aliphatic carbocycles. The smallest absolute Gasteiger partial charge is 0.331 e. The Hall–Kier alpha value is -2.28. The molecule has 1 unspecified atom stereocenters. The molecule has 0 fully saturated rings. The van der Waals surface area contributed by atoms with Gasteiger partial charge >= 0.3 is 5.97 Å². The number of carbonyl (C=O) groups excluding carboxylic acids is 1. The molecule has 0 aliphatic heterocycles. The van der Waals surface area contributed by atoms with E-state index in [1.54, 1.807) is 25.6 Å². The SMILES string of the molecule is CC(SCc1ccccc1)C(=O)Nc1cnn(C(C)(C)C(=O)O)c1. The number of benzene rings is 1. The molecule has 1 heterocycles. The molecule has 0 radical (unpaired) electrons. The molecule has 2 N–H and O–H groups in total. The van der Waals surface area contributed by atoms with Gasteiger partial charge in [0.2, 0.25) is 5.91 Å². The highest BCUT2D eigenvalue weighted by Gasteiger charge is 2.30. The monoisotopic (exact) mass is 347 g/mol. The second-order valence-electron chi connectivity index (χ2n) is 5.97. The first-order chi connectivity index (χ1) is 11.3. The topological polar surface area (TPSA) is 84.2 Å². The molecule has 1 atom stereocenters. The fourth-order valence-corrected chi connectivity index (χ4v) is 2.75. The van der Waals surface area contributed by atoms with E-state index in [4.69, 9.17) is 0 Å². The van der Waals surface area contributed by atoms with Crippen molar-refractivity contribution in [2.45, 2.75) is 37.3 Å². The van der Waals surface area contributed by atoms with E-state index in [1.807, 2.05) is 37.3 Å². The highest BCUT2D eigenvalue weighted by Crippen LogP contribution is 2.21. The van der Waals surface area contributed by atoms with E-state index in [-0.39, 0.29) is 11.2 Å². The van der Waals surface area contributed by atoms with Gasteiger partial charge in [-0.2, -0.15) is 5.10 Å². The van der Waals surface area contributed by atoms with E-state index in [2.05, 4.69) is 10.4 Å². The molecule has 0 saturated heterocycles. The van der Waals surface area contributed by atoms with Crippen LogP contribution in [-0.2, 0) is 20.9 Å². The summed E-state index contributed by atoms with van der Waals surface area (Å²) in [4.78, 5) is 23.5. The zero-order valence-electron chi connectivity index (χ0n) is 13.9. The minimum atomic E-state index is -1.17. The van der Waals surface area contributed by atoms with E-state index in [0.29, 0.717) is 5.69 Å². The van der Waals surface area contributed by atoms with Gasteiger partial charge in [0.05, 0.1) is 17.1 Å². The number of hydrogen-bond donors (Lipinski definition) is 2. The van der Waals surface area contributed by atoms with Crippen molar-refractivity contribution in [1.82, 2.24) is 9.78 Å². The number of nitrogens with one attached hydrogen (secondary N) is 1. The Labute approximate surface area is 145 Å². The van der Waals surface area contributed by atoms with Gasteiger partial charge in [-0.1, -0.05) is 30.3 Å². The van der Waals surface area contributed by atoms with E-state index in [0.717, 1.165) is 11.3 Å². The van der Waals surface area contributed by atoms with Gasteiger partial charge in [0, 0.05) is 11.9 Å². The number of carboxylic acids is 1. The maximum absolute atomic E-state index is 12.2. The molecular weight excluding hydrogens is 326 g/mol. The first kappa shape index (κ1) is 18.1. The number of hydrogen-bond acceptors (Lipinski definition) is 4. The van der Waals surface area contributed by atoms with E-state index in [1.165, 1.54) is 17.1 Å². The van der Waals surface area contributed by atoms with Crippen LogP contribution in [0.1, 0.15) is 26.3 Å². The second kappa shape index (κ2) is 7.53. The number of nitrogens with zero attached hydrogens (tertiary/aromatic N) is 2. The fraction of sp³-hybridized carbons (Fsp3) is 0.353. The summed E-state index contributed by atoms with van der Waals surface area (Å²) in [7, 11) is 0. The summed E-state index contributed by atoms with van der Waals surface area (Å²) in [6.07, 6.45) is 2.98. The molecule has 6 nitrogen and oxygen atoms in total. The molecule has 0 bridgehead atoms. The van der Waals surface area contributed by atoms with Crippen LogP contribution in [0.4, 0.5) is 5.69 Å². The Morgan fingerprint density at radius 1 is 1.33 bits per heavy atom. The van der Waals surface area contributed by atoms with Gasteiger partial charge < -0.3 is 10.4 Å². The van der Waals surface area contributed by atoms with Gasteiger partial charge in [0.1, 0.15) is 0 Å². The molecule has 0 aliphatic rings. The Kier molecular flexibility index (Phi) is 5.66. The number of rotatable bonds is 7. The van der Waals surface area contributed by atoms with Crippen molar-refractivity contribution < 1.29 is 14.7 Å². The van der Waals surface area contributed by atoms with Crippen LogP contribution in [0.5, 0.6) is 0 Å². The molecule has 1 aromatic heterocycles. The predicted molar refractivity (Wildman–Crippen MR) is 95.0 cm³/mol. The Morgan fingerprint density at radius 2 is 2.00 bits per heavy atom. The summed E-state index contributed by atoms with van der Waals surface area (Å²) in [6.45, 7) is 4.94. The molecule has 2 aromatic rings. The number of anilines is 1. The molecule has 0 spiro atoms. The second-order valence-corrected chi connectivity index (χ2v) is 7.29. The van der Waals surface area contributed by atoms with Crippen molar-refractivity contribution in [1.29, 1.82) is 0 Å². The lowest BCUT2D eigenvalue weighted by atomic mass is 10.1. The average Bonchev–Trinajstić information content (AvgIpc) is 3.02. The minimum Gasteiger partial charge on any atom is -0.479 e. The van der Waals surface area contributed by atoms with E-state index in [9.17, 15) is 14.7 Å². The summed E-state index contributed by atoms with van der Waals surface area (Å²) in [5.41, 5.74) is 0.482. The summed E-state index contributed by atoms with van der Waals surface area (Å²) in [6, 6.07) is 9.95. The van der Waals surface area contributed by atoms with Crippen LogP contribution in [0.15, 0.2) is 42.7 Å². The zero-order chi connectivity index (χ0) is 17.7. The molecule has 7 heteroatoms. The summed E-state index contributed by atoms with van der Waals surface area (Å²) in [5, 5.41) is 15.8. The third kappa shape index (κ3) is 4.38. The lowest BCUT2D eigenvalue weighted by Crippen LogP contribution is -2.36. The quantitative estimate of drug-likeness (QED) is 0.804. The maximum Gasteiger partial charge on any atom is 0.331 e. The van der Waals surface area contributed by atoms with E-state index >= 15 is 0 Å². The van der Waals surface area contributed by atoms with Gasteiger partial charge in [-0.3, -0.25) is 9.48 Å². The van der Waals surface area contributed by atoms with Crippen molar-refractivity contribution in [3.8, 4) is 0 Å². The number of carbonyl (C=O) groups is 2. The summed E-state index contributed by atoms with van der Waals surface area (Å²) < 4.78 is 1.33. The van der Waals surface area contributed by atoms with Crippen LogP contribution < -0.4 is 5.32 Å². The van der Waals surface area contributed by atoms with E-state index < -0.39 is 11.5 Å².